The van der Waals surface area contributed by atoms with Gasteiger partial charge in [0.15, 0.2) is 11.6 Å². The molecule has 1 heterocycles. The lowest BCUT2D eigenvalue weighted by Crippen LogP contribution is -2.26. The van der Waals surface area contributed by atoms with Gasteiger partial charge in [0.05, 0.1) is 10.1 Å². The predicted octanol–water partition coefficient (Wildman–Crippen LogP) is 7.79. The van der Waals surface area contributed by atoms with E-state index in [1.165, 1.54) is 23.5 Å². The van der Waals surface area contributed by atoms with Crippen LogP contribution >= 0.6 is 23.5 Å². The van der Waals surface area contributed by atoms with Gasteiger partial charge in [-0.1, -0.05) is 6.07 Å². The van der Waals surface area contributed by atoms with E-state index in [4.69, 9.17) is 5.11 Å². The highest BCUT2D eigenvalue weighted by Gasteiger charge is 2.42. The molecule has 1 fully saturated rings. The summed E-state index contributed by atoms with van der Waals surface area (Å²) in [5, 5.41) is 9.03. The van der Waals surface area contributed by atoms with Crippen molar-refractivity contribution in [1.29, 1.82) is 0 Å². The van der Waals surface area contributed by atoms with Crippen LogP contribution in [0.4, 0.5) is 35.1 Å². The lowest BCUT2D eigenvalue weighted by Gasteiger charge is -2.28. The first kappa shape index (κ1) is 27.6. The van der Waals surface area contributed by atoms with Gasteiger partial charge < -0.3 is 9.84 Å². The topological polar surface area (TPSA) is 29.5 Å². The van der Waals surface area contributed by atoms with Crippen LogP contribution in [-0.4, -0.2) is 23.2 Å². The van der Waals surface area contributed by atoms with Crippen molar-refractivity contribution in [1.82, 2.24) is 0 Å². The summed E-state index contributed by atoms with van der Waals surface area (Å²) in [6, 6.07) is 4.26. The molecule has 3 aromatic carbocycles. The van der Waals surface area contributed by atoms with Crippen LogP contribution in [0.25, 0.3) is 11.1 Å². The Hall–Kier alpha value is -2.44. The second kappa shape index (κ2) is 11.1. The number of ether oxygens (including phenoxy) is 1. The first-order valence-electron chi connectivity index (χ1n) is 10.8. The van der Waals surface area contributed by atoms with E-state index in [1.54, 1.807) is 0 Å². The predicted molar refractivity (Wildman–Crippen MR) is 125 cm³/mol. The first-order chi connectivity index (χ1) is 17.5. The van der Waals surface area contributed by atoms with Crippen LogP contribution in [0.5, 0.6) is 5.75 Å². The Kier molecular flexibility index (Phi) is 8.29. The molecule has 1 saturated heterocycles. The van der Waals surface area contributed by atoms with E-state index < -0.39 is 68.0 Å². The van der Waals surface area contributed by atoms with E-state index in [0.29, 0.717) is 42.2 Å². The number of halogens is 8. The Bertz CT molecular complexity index is 1250. The highest BCUT2D eigenvalue weighted by atomic mass is 32.2. The maximum Gasteiger partial charge on any atom is 0.432 e. The van der Waals surface area contributed by atoms with Gasteiger partial charge in [0.2, 0.25) is 0 Å². The molecular weight excluding hydrogens is 548 g/mol. The van der Waals surface area contributed by atoms with Crippen molar-refractivity contribution in [3.8, 4) is 16.9 Å². The van der Waals surface area contributed by atoms with Gasteiger partial charge in [-0.25, -0.2) is 26.3 Å². The van der Waals surface area contributed by atoms with Gasteiger partial charge in [0.25, 0.3) is 0 Å². The molecule has 4 rings (SSSR count). The summed E-state index contributed by atoms with van der Waals surface area (Å²) in [5.74, 6) is -8.34. The van der Waals surface area contributed by atoms with E-state index in [9.17, 15) is 35.1 Å². The molecule has 1 aliphatic rings. The van der Waals surface area contributed by atoms with Crippen molar-refractivity contribution in [2.45, 2.75) is 17.1 Å². The Morgan fingerprint density at radius 3 is 1.92 bits per heavy atom. The van der Waals surface area contributed by atoms with Gasteiger partial charge >= 0.3 is 6.11 Å². The maximum atomic E-state index is 14.8. The fraction of sp³-hybridized carbons (Fsp3) is 0.280. The summed E-state index contributed by atoms with van der Waals surface area (Å²) in [7, 11) is 0. The van der Waals surface area contributed by atoms with Crippen LogP contribution < -0.4 is 4.74 Å². The zero-order valence-electron chi connectivity index (χ0n) is 18.7. The average molecular weight is 567 g/mol. The third-order valence-corrected chi connectivity index (χ3v) is 8.90. The second-order valence-electron chi connectivity index (χ2n) is 8.25. The fourth-order valence-electron chi connectivity index (χ4n) is 3.83. The van der Waals surface area contributed by atoms with Crippen LogP contribution in [0.15, 0.2) is 42.5 Å². The molecule has 1 aliphatic heterocycles. The van der Waals surface area contributed by atoms with Crippen molar-refractivity contribution in [3.63, 3.8) is 0 Å². The standard InChI is InChI=1S/C25H18F8O2S2/c26-16-2-1-13(5-17(16)27)22-18(28)8-15(9-19(22)29)35-25(32,33)23-20(30)6-14(7-21(23)31)24-36-10-12(3-4-34)11-37-24/h1-2,5-9,12,24,34H,3-4,10-11H2. The van der Waals surface area contributed by atoms with Crippen LogP contribution in [-0.2, 0) is 6.11 Å². The van der Waals surface area contributed by atoms with Gasteiger partial charge in [0.1, 0.15) is 34.6 Å². The number of rotatable bonds is 7. The van der Waals surface area contributed by atoms with Gasteiger partial charge in [-0.05, 0) is 59.2 Å². The molecule has 3 aromatic rings. The summed E-state index contributed by atoms with van der Waals surface area (Å²) in [4.78, 5) is 0. The summed E-state index contributed by atoms with van der Waals surface area (Å²) in [6.07, 6.45) is -4.06. The number of hydrogen-bond acceptors (Lipinski definition) is 4. The van der Waals surface area contributed by atoms with E-state index in [2.05, 4.69) is 4.74 Å². The Morgan fingerprint density at radius 1 is 0.784 bits per heavy atom. The van der Waals surface area contributed by atoms with E-state index in [-0.39, 0.29) is 18.1 Å². The van der Waals surface area contributed by atoms with Crippen LogP contribution in [0.1, 0.15) is 22.1 Å². The molecule has 198 valence electrons. The van der Waals surface area contributed by atoms with Crippen molar-refractivity contribution in [3.05, 3.63) is 88.5 Å². The molecule has 2 nitrogen and oxygen atoms in total. The summed E-state index contributed by atoms with van der Waals surface area (Å²) >= 11 is 2.75. The molecule has 0 bridgehead atoms. The van der Waals surface area contributed by atoms with Gasteiger partial charge in [-0.2, -0.15) is 8.78 Å². The zero-order chi connectivity index (χ0) is 26.9. The number of benzene rings is 3. The number of aliphatic hydroxyl groups is 1. The minimum Gasteiger partial charge on any atom is -0.429 e. The Morgan fingerprint density at radius 2 is 1.38 bits per heavy atom. The molecule has 0 unspecified atom stereocenters. The van der Waals surface area contributed by atoms with Gasteiger partial charge in [-0.15, -0.1) is 23.5 Å². The maximum absolute atomic E-state index is 14.8. The van der Waals surface area contributed by atoms with E-state index in [1.807, 2.05) is 0 Å². The summed E-state index contributed by atoms with van der Waals surface area (Å²) in [6.45, 7) is 0.0187. The molecule has 0 saturated carbocycles. The minimum absolute atomic E-state index is 0.0187. The van der Waals surface area contributed by atoms with Crippen molar-refractivity contribution in [2.24, 2.45) is 5.92 Å². The van der Waals surface area contributed by atoms with Crippen LogP contribution in [0.3, 0.4) is 0 Å². The Labute approximate surface area is 215 Å². The molecule has 12 heteroatoms. The molecule has 0 amide bonds. The second-order valence-corrected chi connectivity index (χ2v) is 10.8. The molecule has 0 radical (unpaired) electrons. The highest BCUT2D eigenvalue weighted by Crippen LogP contribution is 2.47. The van der Waals surface area contributed by atoms with Crippen LogP contribution in [0.2, 0.25) is 0 Å². The highest BCUT2D eigenvalue weighted by molar-refractivity contribution is 8.16. The number of thioether (sulfide) groups is 2. The van der Waals surface area contributed by atoms with Crippen LogP contribution in [0, 0.1) is 40.8 Å². The molecule has 1 N–H and O–H groups in total. The quantitative estimate of drug-likeness (QED) is 0.296. The molecule has 0 aromatic heterocycles. The Balaban J connectivity index is 1.57. The van der Waals surface area contributed by atoms with Gasteiger partial charge in [-0.3, -0.25) is 0 Å². The third-order valence-electron chi connectivity index (χ3n) is 5.60. The number of alkyl halides is 2. The number of aliphatic hydroxyl groups excluding tert-OH is 1. The summed E-state index contributed by atoms with van der Waals surface area (Å²) in [5.41, 5.74) is -2.83. The zero-order valence-corrected chi connectivity index (χ0v) is 20.4. The van der Waals surface area contributed by atoms with E-state index >= 15 is 0 Å². The molecule has 0 atom stereocenters. The first-order valence-corrected chi connectivity index (χ1v) is 12.9. The minimum atomic E-state index is -4.64. The smallest absolute Gasteiger partial charge is 0.429 e. The average Bonchev–Trinajstić information content (AvgIpc) is 2.80. The van der Waals surface area contributed by atoms with Crippen molar-refractivity contribution >= 4 is 23.5 Å². The van der Waals surface area contributed by atoms with Crippen molar-refractivity contribution < 1.29 is 45.0 Å². The summed E-state index contributed by atoms with van der Waals surface area (Å²) < 4.78 is 119. The van der Waals surface area contributed by atoms with Gasteiger partial charge in [0, 0.05) is 18.7 Å². The lowest BCUT2D eigenvalue weighted by atomic mass is 10.0. The van der Waals surface area contributed by atoms with E-state index in [0.717, 1.165) is 18.2 Å². The molecule has 0 spiro atoms. The van der Waals surface area contributed by atoms with Crippen molar-refractivity contribution in [2.75, 3.05) is 18.1 Å². The molecule has 0 aliphatic carbocycles. The normalized spacial score (nSPS) is 18.2. The number of hydrogen-bond donors (Lipinski definition) is 1. The lowest BCUT2D eigenvalue weighted by molar-refractivity contribution is -0.189. The largest absolute Gasteiger partial charge is 0.432 e. The SMILES string of the molecule is OCCC1CSC(c2cc(F)c(C(F)(F)Oc3cc(F)c(-c4ccc(F)c(F)c4)c(F)c3)c(F)c2)SC1. The molecule has 37 heavy (non-hydrogen) atoms. The monoisotopic (exact) mass is 566 g/mol. The molecular formula is C25H18F8O2S2. The third kappa shape index (κ3) is 6.01. The fourth-order valence-corrected chi connectivity index (χ4v) is 6.95.